The molecule has 2 heterocycles. The van der Waals surface area contributed by atoms with E-state index in [1.54, 1.807) is 12.3 Å². The first-order valence-electron chi connectivity index (χ1n) is 14.2. The van der Waals surface area contributed by atoms with Gasteiger partial charge < -0.3 is 30.5 Å². The van der Waals surface area contributed by atoms with Crippen molar-refractivity contribution < 1.29 is 29.3 Å². The fourth-order valence-electron chi connectivity index (χ4n) is 5.03. The number of aliphatic hydroxyl groups excluding tert-OH is 1. The number of rotatable bonds is 11. The number of ether oxygens (including phenoxy) is 1. The third-order valence-electron chi connectivity index (χ3n) is 7.14. The van der Waals surface area contributed by atoms with Crippen LogP contribution in [0.1, 0.15) is 0 Å². The van der Waals surface area contributed by atoms with Crippen molar-refractivity contribution in [1.29, 1.82) is 0 Å². The Morgan fingerprint density at radius 1 is 1.02 bits per heavy atom. The molecular weight excluding hydrogens is 576 g/mol. The van der Waals surface area contributed by atoms with E-state index in [0.29, 0.717) is 37.8 Å². The maximum Gasteiger partial charge on any atom is 0.332 e. The van der Waals surface area contributed by atoms with Gasteiger partial charge in [0, 0.05) is 66.0 Å². The topological polar surface area (TPSA) is 157 Å². The fourth-order valence-corrected chi connectivity index (χ4v) is 5.03. The van der Waals surface area contributed by atoms with Crippen LogP contribution < -0.4 is 15.5 Å². The lowest BCUT2D eigenvalue weighted by Gasteiger charge is -2.41. The number of carbonyl (C=O) groups excluding carboxylic acids is 2. The largest absolute Gasteiger partial charge is 0.478 e. The highest BCUT2D eigenvalue weighted by atomic mass is 16.6. The van der Waals surface area contributed by atoms with Crippen LogP contribution in [0.5, 0.6) is 0 Å². The predicted molar refractivity (Wildman–Crippen MR) is 171 cm³/mol. The minimum Gasteiger partial charge on any atom is -0.478 e. The molecule has 1 aliphatic heterocycles. The maximum absolute atomic E-state index is 12.3. The van der Waals surface area contributed by atoms with Gasteiger partial charge in [0.2, 0.25) is 11.9 Å². The van der Waals surface area contributed by atoms with E-state index in [1.165, 1.54) is 6.08 Å². The highest BCUT2D eigenvalue weighted by molar-refractivity contribution is 6.00. The third-order valence-corrected chi connectivity index (χ3v) is 7.14. The highest BCUT2D eigenvalue weighted by Crippen LogP contribution is 2.30. The summed E-state index contributed by atoms with van der Waals surface area (Å²) in [5, 5.41) is 25.1. The molecule has 4 aromatic rings. The van der Waals surface area contributed by atoms with E-state index in [0.717, 1.165) is 45.6 Å². The standard InChI is InChI=1S/C33H32N6O6/c1-2-28(41)35-25-7-3-5-22(19-25)27-8-4-6-23-20-34-33(37-32(23)27)36-24-9-11-26(12-10-24)39-16-15-38(17-18-40)21-29(39)45-31(44)14-13-30(42)43/h2-14,19-20,29,40H,1,15-18,21H2,(H,35,41)(H,42,43)(H,34,36,37). The monoisotopic (exact) mass is 608 g/mol. The molecule has 0 spiro atoms. The van der Waals surface area contributed by atoms with E-state index >= 15 is 0 Å². The number of aliphatic hydroxyl groups is 1. The Labute approximate surface area is 259 Å². The molecule has 0 saturated carbocycles. The lowest BCUT2D eigenvalue weighted by molar-refractivity contribution is -0.145. The van der Waals surface area contributed by atoms with Crippen LogP contribution in [-0.4, -0.2) is 81.9 Å². The van der Waals surface area contributed by atoms with Crippen LogP contribution in [0.15, 0.2) is 97.7 Å². The summed E-state index contributed by atoms with van der Waals surface area (Å²) in [5.74, 6) is -1.91. The number of anilines is 4. The zero-order chi connectivity index (χ0) is 31.8. The molecule has 0 bridgehead atoms. The summed E-state index contributed by atoms with van der Waals surface area (Å²) in [4.78, 5) is 48.1. The van der Waals surface area contributed by atoms with Gasteiger partial charge in [0.1, 0.15) is 0 Å². The zero-order valence-electron chi connectivity index (χ0n) is 24.3. The molecule has 0 aliphatic carbocycles. The van der Waals surface area contributed by atoms with E-state index in [-0.39, 0.29) is 12.5 Å². The predicted octanol–water partition coefficient (Wildman–Crippen LogP) is 3.79. The molecule has 12 heteroatoms. The molecule has 1 aliphatic rings. The minimum absolute atomic E-state index is 0.0291. The van der Waals surface area contributed by atoms with Crippen molar-refractivity contribution in [3.05, 3.63) is 97.7 Å². The second-order valence-electron chi connectivity index (χ2n) is 10.2. The average Bonchev–Trinajstić information content (AvgIpc) is 3.04. The number of hydrogen-bond acceptors (Lipinski definition) is 10. The van der Waals surface area contributed by atoms with Crippen LogP contribution in [0.2, 0.25) is 0 Å². The van der Waals surface area contributed by atoms with Crippen LogP contribution in [0, 0.1) is 0 Å². The number of carboxylic acids is 1. The van der Waals surface area contributed by atoms with Gasteiger partial charge in [-0.25, -0.2) is 19.6 Å². The van der Waals surface area contributed by atoms with E-state index < -0.39 is 18.2 Å². The summed E-state index contributed by atoms with van der Waals surface area (Å²) < 4.78 is 5.58. The van der Waals surface area contributed by atoms with Gasteiger partial charge in [-0.15, -0.1) is 0 Å². The SMILES string of the molecule is C=CC(=O)Nc1cccc(-c2cccc3cnc(Nc4ccc(N5CCN(CCO)CC5OC(=O)C=CC(=O)O)cc4)nc23)c1. The van der Waals surface area contributed by atoms with Crippen molar-refractivity contribution in [3.8, 4) is 11.1 Å². The van der Waals surface area contributed by atoms with Gasteiger partial charge in [-0.2, -0.15) is 0 Å². The Kier molecular flexibility index (Phi) is 9.77. The number of esters is 1. The molecule has 1 aromatic heterocycles. The molecular formula is C33H32N6O6. The first kappa shape index (κ1) is 30.9. The second kappa shape index (κ2) is 14.3. The molecule has 1 unspecified atom stereocenters. The number of amides is 1. The smallest absolute Gasteiger partial charge is 0.332 e. The zero-order valence-corrected chi connectivity index (χ0v) is 24.3. The Hall–Kier alpha value is -5.59. The summed E-state index contributed by atoms with van der Waals surface area (Å²) >= 11 is 0. The number of aromatic nitrogens is 2. The van der Waals surface area contributed by atoms with Crippen molar-refractivity contribution >= 4 is 51.8 Å². The molecule has 12 nitrogen and oxygen atoms in total. The number of piperazine rings is 1. The Bertz CT molecular complexity index is 1740. The van der Waals surface area contributed by atoms with Gasteiger partial charge >= 0.3 is 11.9 Å². The first-order valence-corrected chi connectivity index (χ1v) is 14.2. The summed E-state index contributed by atoms with van der Waals surface area (Å²) in [7, 11) is 0. The van der Waals surface area contributed by atoms with Gasteiger partial charge in [0.15, 0.2) is 6.23 Å². The van der Waals surface area contributed by atoms with Crippen molar-refractivity contribution in [2.45, 2.75) is 6.23 Å². The molecule has 230 valence electrons. The summed E-state index contributed by atoms with van der Waals surface area (Å²) in [5.41, 5.74) is 4.67. The van der Waals surface area contributed by atoms with Gasteiger partial charge in [0.25, 0.3) is 0 Å². The average molecular weight is 609 g/mol. The Morgan fingerprint density at radius 2 is 1.82 bits per heavy atom. The number of carboxylic acid groups (broad SMARTS) is 1. The van der Waals surface area contributed by atoms with E-state index in [2.05, 4.69) is 22.2 Å². The molecule has 4 N–H and O–H groups in total. The summed E-state index contributed by atoms with van der Waals surface area (Å²) in [6.45, 7) is 5.43. The lowest BCUT2D eigenvalue weighted by atomic mass is 10.0. The molecule has 45 heavy (non-hydrogen) atoms. The van der Waals surface area contributed by atoms with Gasteiger partial charge in [-0.3, -0.25) is 9.69 Å². The number of nitrogens with zero attached hydrogens (tertiary/aromatic N) is 4. The van der Waals surface area contributed by atoms with Crippen molar-refractivity contribution in [3.63, 3.8) is 0 Å². The van der Waals surface area contributed by atoms with Crippen molar-refractivity contribution in [1.82, 2.24) is 14.9 Å². The molecule has 1 fully saturated rings. The molecule has 1 amide bonds. The first-order chi connectivity index (χ1) is 21.8. The fraction of sp³-hybridized carbons (Fsp3) is 0.182. The van der Waals surface area contributed by atoms with Gasteiger partial charge in [-0.05, 0) is 48.0 Å². The normalized spacial score (nSPS) is 15.1. The molecule has 0 radical (unpaired) electrons. The minimum atomic E-state index is -1.24. The van der Waals surface area contributed by atoms with Crippen LogP contribution in [0.4, 0.5) is 23.0 Å². The quantitative estimate of drug-likeness (QED) is 0.145. The number of fused-ring (bicyclic) bond motifs is 1. The van der Waals surface area contributed by atoms with E-state index in [1.807, 2.05) is 70.5 Å². The highest BCUT2D eigenvalue weighted by Gasteiger charge is 2.29. The van der Waals surface area contributed by atoms with Gasteiger partial charge in [0.05, 0.1) is 18.7 Å². The second-order valence-corrected chi connectivity index (χ2v) is 10.2. The third kappa shape index (κ3) is 7.88. The number of β-amino-alcohol motifs (C(OH)–C–C–N with tert-alkyl or cyclic N) is 1. The lowest BCUT2D eigenvalue weighted by Crippen LogP contribution is -2.55. The van der Waals surface area contributed by atoms with Crippen LogP contribution in [0.25, 0.3) is 22.0 Å². The number of nitrogens with one attached hydrogen (secondary N) is 2. The maximum atomic E-state index is 12.3. The van der Waals surface area contributed by atoms with E-state index in [4.69, 9.17) is 14.8 Å². The van der Waals surface area contributed by atoms with Crippen LogP contribution >= 0.6 is 0 Å². The van der Waals surface area contributed by atoms with Crippen molar-refractivity contribution in [2.75, 3.05) is 48.3 Å². The van der Waals surface area contributed by atoms with Crippen LogP contribution in [-0.2, 0) is 19.1 Å². The molecule has 3 aromatic carbocycles. The Balaban J connectivity index is 1.35. The Morgan fingerprint density at radius 3 is 2.58 bits per heavy atom. The summed E-state index contributed by atoms with van der Waals surface area (Å²) in [6.07, 6.45) is 3.90. The number of benzene rings is 3. The van der Waals surface area contributed by atoms with Crippen molar-refractivity contribution in [2.24, 2.45) is 0 Å². The number of aliphatic carboxylic acids is 1. The molecule has 5 rings (SSSR count). The van der Waals surface area contributed by atoms with Gasteiger partial charge in [-0.1, -0.05) is 36.9 Å². The summed E-state index contributed by atoms with van der Waals surface area (Å²) in [6, 6.07) is 20.8. The number of hydrogen-bond donors (Lipinski definition) is 4. The number of carbonyl (C=O) groups is 3. The molecule has 1 saturated heterocycles. The number of para-hydroxylation sites is 1. The van der Waals surface area contributed by atoms with E-state index in [9.17, 15) is 19.5 Å². The molecule has 1 atom stereocenters. The van der Waals surface area contributed by atoms with Crippen LogP contribution in [0.3, 0.4) is 0 Å².